The number of halogens is 1. The van der Waals surface area contributed by atoms with E-state index in [0.717, 1.165) is 5.52 Å². The lowest BCUT2D eigenvalue weighted by Gasteiger charge is -2.08. The Morgan fingerprint density at radius 3 is 2.53 bits per heavy atom. The molecule has 1 aromatic heterocycles. The molecule has 0 aliphatic rings. The number of rotatable bonds is 0. The molecule has 0 radical (unpaired) electrons. The van der Waals surface area contributed by atoms with Crippen LogP contribution < -0.4 is 5.43 Å². The smallest absolute Gasteiger partial charge is 0.192 e. The first-order chi connectivity index (χ1) is 7.00. The Kier molecular flexibility index (Phi) is 2.11. The molecule has 3 heteroatoms. The zero-order valence-corrected chi connectivity index (χ0v) is 8.97. The number of aromatic nitrogens is 1. The molecule has 1 heterocycles. The molecule has 0 fully saturated rings. The third-order valence-corrected chi connectivity index (χ3v) is 2.65. The van der Waals surface area contributed by atoms with Crippen LogP contribution in [-0.4, -0.2) is 4.57 Å². The average molecular weight is 205 g/mol. The molecule has 0 aliphatic carbocycles. The summed E-state index contributed by atoms with van der Waals surface area (Å²) < 4.78 is 15.2. The number of hydrogen-bond acceptors (Lipinski definition) is 1. The Morgan fingerprint density at radius 2 is 1.87 bits per heavy atom. The van der Waals surface area contributed by atoms with Crippen LogP contribution in [0.25, 0.3) is 10.9 Å². The lowest BCUT2D eigenvalue weighted by molar-refractivity contribution is 0.620. The summed E-state index contributed by atoms with van der Waals surface area (Å²) in [5.74, 6) is -0.329. The second-order valence-electron chi connectivity index (χ2n) is 3.87. The lowest BCUT2D eigenvalue weighted by atomic mass is 10.1. The molecule has 15 heavy (non-hydrogen) atoms. The second kappa shape index (κ2) is 3.19. The minimum absolute atomic E-state index is 0.0954. The number of aryl methyl sites for hydroxylation is 3. The van der Waals surface area contributed by atoms with Crippen LogP contribution >= 0.6 is 0 Å². The highest BCUT2D eigenvalue weighted by Gasteiger charge is 2.07. The van der Waals surface area contributed by atoms with Crippen LogP contribution in [0.5, 0.6) is 0 Å². The fraction of sp³-hybridized carbons (Fsp3) is 0.250. The summed E-state index contributed by atoms with van der Waals surface area (Å²) in [6.07, 6.45) is 1.77. The average Bonchev–Trinajstić information content (AvgIpc) is 2.18. The Balaban J connectivity index is 3.04. The van der Waals surface area contributed by atoms with Gasteiger partial charge in [-0.1, -0.05) is 0 Å². The normalized spacial score (nSPS) is 10.9. The first-order valence-electron chi connectivity index (χ1n) is 4.77. The molecule has 0 N–H and O–H groups in total. The number of pyridine rings is 1. The summed E-state index contributed by atoms with van der Waals surface area (Å²) in [5, 5.41) is 0.445. The van der Waals surface area contributed by atoms with Crippen molar-refractivity contribution >= 4 is 10.9 Å². The number of benzene rings is 1. The number of nitrogens with zero attached hydrogens (tertiary/aromatic N) is 1. The molecule has 78 valence electrons. The third-order valence-electron chi connectivity index (χ3n) is 2.65. The van der Waals surface area contributed by atoms with Crippen molar-refractivity contribution in [1.29, 1.82) is 0 Å². The van der Waals surface area contributed by atoms with Gasteiger partial charge in [0.25, 0.3) is 0 Å². The van der Waals surface area contributed by atoms with Gasteiger partial charge in [0.1, 0.15) is 5.82 Å². The fourth-order valence-electron chi connectivity index (χ4n) is 1.77. The number of hydrogen-bond donors (Lipinski definition) is 0. The van der Waals surface area contributed by atoms with Crippen molar-refractivity contribution in [3.8, 4) is 0 Å². The van der Waals surface area contributed by atoms with Gasteiger partial charge in [-0.3, -0.25) is 4.79 Å². The summed E-state index contributed by atoms with van der Waals surface area (Å²) in [5.41, 5.74) is 1.86. The molecule has 0 amide bonds. The highest BCUT2D eigenvalue weighted by Crippen LogP contribution is 2.16. The van der Waals surface area contributed by atoms with Gasteiger partial charge in [0.15, 0.2) is 5.43 Å². The van der Waals surface area contributed by atoms with E-state index in [9.17, 15) is 9.18 Å². The summed E-state index contributed by atoms with van der Waals surface area (Å²) in [6.45, 7) is 3.43. The topological polar surface area (TPSA) is 22.0 Å². The van der Waals surface area contributed by atoms with Gasteiger partial charge in [0, 0.05) is 24.2 Å². The quantitative estimate of drug-likeness (QED) is 0.646. The van der Waals surface area contributed by atoms with Crippen LogP contribution in [0.3, 0.4) is 0 Å². The maximum absolute atomic E-state index is 13.3. The van der Waals surface area contributed by atoms with Crippen molar-refractivity contribution in [1.82, 2.24) is 4.57 Å². The minimum Gasteiger partial charge on any atom is -0.350 e. The largest absolute Gasteiger partial charge is 0.350 e. The van der Waals surface area contributed by atoms with E-state index < -0.39 is 0 Å². The van der Waals surface area contributed by atoms with E-state index in [1.165, 1.54) is 6.07 Å². The first-order valence-corrected chi connectivity index (χ1v) is 4.77. The standard InChI is InChI=1S/C12H12FNO/c1-7-4-11-9(5-10(7)13)12(15)8(2)6-14(11)3/h4-6H,1-3H3. The van der Waals surface area contributed by atoms with Crippen molar-refractivity contribution in [2.75, 3.05) is 0 Å². The maximum atomic E-state index is 13.3. The summed E-state index contributed by atoms with van der Waals surface area (Å²) in [6, 6.07) is 3.02. The van der Waals surface area contributed by atoms with Gasteiger partial charge in [-0.2, -0.15) is 0 Å². The lowest BCUT2D eigenvalue weighted by Crippen LogP contribution is -2.10. The summed E-state index contributed by atoms with van der Waals surface area (Å²) >= 11 is 0. The number of fused-ring (bicyclic) bond motifs is 1. The zero-order valence-electron chi connectivity index (χ0n) is 8.97. The van der Waals surface area contributed by atoms with Crippen LogP contribution in [0.1, 0.15) is 11.1 Å². The Morgan fingerprint density at radius 1 is 1.20 bits per heavy atom. The van der Waals surface area contributed by atoms with E-state index in [2.05, 4.69) is 0 Å². The SMILES string of the molecule is Cc1cc2c(cc1F)c(=O)c(C)cn2C. The predicted octanol–water partition coefficient (Wildman–Crippen LogP) is 2.29. The molecule has 0 saturated carbocycles. The van der Waals surface area contributed by atoms with Gasteiger partial charge in [-0.25, -0.2) is 4.39 Å². The van der Waals surface area contributed by atoms with E-state index >= 15 is 0 Å². The molecule has 2 rings (SSSR count). The van der Waals surface area contributed by atoms with Crippen molar-refractivity contribution in [2.45, 2.75) is 13.8 Å². The molecular weight excluding hydrogens is 193 g/mol. The van der Waals surface area contributed by atoms with Gasteiger partial charge >= 0.3 is 0 Å². The van der Waals surface area contributed by atoms with Gasteiger partial charge in [-0.15, -0.1) is 0 Å². The van der Waals surface area contributed by atoms with E-state index in [0.29, 0.717) is 16.5 Å². The Bertz CT molecular complexity index is 599. The van der Waals surface area contributed by atoms with Crippen molar-refractivity contribution < 1.29 is 4.39 Å². The third kappa shape index (κ3) is 1.44. The Hall–Kier alpha value is -1.64. The molecule has 0 saturated heterocycles. The molecular formula is C12H12FNO. The summed E-state index contributed by atoms with van der Waals surface area (Å²) in [7, 11) is 1.85. The first kappa shape index (κ1) is 9.90. The molecule has 2 aromatic rings. The summed E-state index contributed by atoms with van der Waals surface area (Å²) in [4.78, 5) is 11.8. The van der Waals surface area contributed by atoms with Crippen molar-refractivity contribution in [3.63, 3.8) is 0 Å². The second-order valence-corrected chi connectivity index (χ2v) is 3.87. The van der Waals surface area contributed by atoms with E-state index in [1.807, 2.05) is 11.6 Å². The van der Waals surface area contributed by atoms with Crippen LogP contribution in [0.4, 0.5) is 4.39 Å². The highest BCUT2D eigenvalue weighted by molar-refractivity contribution is 5.80. The zero-order chi connectivity index (χ0) is 11.2. The van der Waals surface area contributed by atoms with Gasteiger partial charge in [0.05, 0.1) is 5.52 Å². The van der Waals surface area contributed by atoms with Crippen LogP contribution in [-0.2, 0) is 7.05 Å². The van der Waals surface area contributed by atoms with E-state index in [-0.39, 0.29) is 11.2 Å². The van der Waals surface area contributed by atoms with Gasteiger partial charge in [-0.05, 0) is 31.5 Å². The maximum Gasteiger partial charge on any atom is 0.192 e. The predicted molar refractivity (Wildman–Crippen MR) is 58.6 cm³/mol. The van der Waals surface area contributed by atoms with Gasteiger partial charge < -0.3 is 4.57 Å². The van der Waals surface area contributed by atoms with Crippen LogP contribution in [0.15, 0.2) is 23.1 Å². The molecule has 1 aromatic carbocycles. The van der Waals surface area contributed by atoms with Crippen molar-refractivity contribution in [2.24, 2.45) is 7.05 Å². The van der Waals surface area contributed by atoms with Crippen LogP contribution in [0.2, 0.25) is 0 Å². The molecule has 0 atom stereocenters. The van der Waals surface area contributed by atoms with E-state index in [1.54, 1.807) is 26.1 Å². The monoisotopic (exact) mass is 205 g/mol. The van der Waals surface area contributed by atoms with Gasteiger partial charge in [0.2, 0.25) is 0 Å². The highest BCUT2D eigenvalue weighted by atomic mass is 19.1. The van der Waals surface area contributed by atoms with E-state index in [4.69, 9.17) is 0 Å². The molecule has 2 nitrogen and oxygen atoms in total. The van der Waals surface area contributed by atoms with Crippen LogP contribution in [0, 0.1) is 19.7 Å². The Labute approximate surface area is 87.0 Å². The molecule has 0 spiro atoms. The minimum atomic E-state index is -0.329. The van der Waals surface area contributed by atoms with Crippen molar-refractivity contribution in [3.05, 3.63) is 45.5 Å². The molecule has 0 bridgehead atoms. The molecule has 0 aliphatic heterocycles. The fourth-order valence-corrected chi connectivity index (χ4v) is 1.77. The molecule has 0 unspecified atom stereocenters.